The summed E-state index contributed by atoms with van der Waals surface area (Å²) < 4.78 is 90.2. The molecule has 1 amide bonds. The maximum absolute atomic E-state index is 14.7. The molecule has 0 radical (unpaired) electrons. The Bertz CT molecular complexity index is 1330. The van der Waals surface area contributed by atoms with Crippen LogP contribution in [0.1, 0.15) is 16.1 Å². The number of halogens is 6. The summed E-state index contributed by atoms with van der Waals surface area (Å²) in [6, 6.07) is 8.35. The molecule has 1 aliphatic heterocycles. The molecule has 4 rings (SSSR count). The summed E-state index contributed by atoms with van der Waals surface area (Å²) in [6.07, 6.45) is -6.49. The van der Waals surface area contributed by atoms with Crippen LogP contribution in [0.4, 0.5) is 37.7 Å². The number of anilines is 2. The van der Waals surface area contributed by atoms with Crippen LogP contribution in [0.2, 0.25) is 0 Å². The number of para-hydroxylation sites is 1. The molecule has 0 saturated carbocycles. The number of ether oxygens (including phenoxy) is 1. The van der Waals surface area contributed by atoms with E-state index in [0.29, 0.717) is 13.1 Å². The lowest BCUT2D eigenvalue weighted by molar-refractivity contribution is -0.138. The van der Waals surface area contributed by atoms with Crippen molar-refractivity contribution in [3.8, 4) is 11.5 Å². The van der Waals surface area contributed by atoms with Gasteiger partial charge in [-0.2, -0.15) is 18.3 Å². The van der Waals surface area contributed by atoms with E-state index in [1.165, 1.54) is 41.4 Å². The van der Waals surface area contributed by atoms with Crippen molar-refractivity contribution in [1.82, 2.24) is 20.0 Å². The zero-order chi connectivity index (χ0) is 29.0. The summed E-state index contributed by atoms with van der Waals surface area (Å²) in [5, 5.41) is 9.29. The summed E-state index contributed by atoms with van der Waals surface area (Å²) in [7, 11) is 3.59. The Kier molecular flexibility index (Phi) is 8.88. The average Bonchev–Trinajstić information content (AvgIpc) is 3.35. The fraction of sp³-hybridized carbons (Fsp3) is 0.385. The van der Waals surface area contributed by atoms with Crippen molar-refractivity contribution in [2.45, 2.75) is 25.2 Å². The fourth-order valence-electron chi connectivity index (χ4n) is 4.52. The molecule has 2 heterocycles. The van der Waals surface area contributed by atoms with Crippen LogP contribution in [0.5, 0.6) is 11.5 Å². The van der Waals surface area contributed by atoms with Gasteiger partial charge in [0.25, 0.3) is 12.3 Å². The third kappa shape index (κ3) is 6.67. The highest BCUT2D eigenvalue weighted by molar-refractivity contribution is 6.05. The van der Waals surface area contributed by atoms with Gasteiger partial charge in [0.05, 0.1) is 11.4 Å². The lowest BCUT2D eigenvalue weighted by Gasteiger charge is -2.42. The zero-order valence-electron chi connectivity index (χ0n) is 21.7. The number of nitrogens with one attached hydrogen (secondary N) is 2. The number of aromatic nitrogens is 2. The van der Waals surface area contributed by atoms with Crippen molar-refractivity contribution < 1.29 is 35.9 Å². The number of carbonyl (C=O) groups is 1. The Morgan fingerprint density at radius 1 is 1.12 bits per heavy atom. The molecule has 3 aromatic rings. The van der Waals surface area contributed by atoms with Gasteiger partial charge in [0, 0.05) is 38.4 Å². The Labute approximate surface area is 226 Å². The predicted molar refractivity (Wildman–Crippen MR) is 137 cm³/mol. The summed E-state index contributed by atoms with van der Waals surface area (Å²) >= 11 is 0. The second-order valence-electron chi connectivity index (χ2n) is 9.27. The van der Waals surface area contributed by atoms with Crippen molar-refractivity contribution in [2.75, 3.05) is 50.5 Å². The first kappa shape index (κ1) is 29.2. The smallest absolute Gasteiger partial charge is 0.422 e. The maximum Gasteiger partial charge on any atom is 0.422 e. The molecule has 1 fully saturated rings. The van der Waals surface area contributed by atoms with Crippen molar-refractivity contribution in [3.05, 3.63) is 65.7 Å². The Morgan fingerprint density at radius 3 is 2.55 bits per heavy atom. The molecule has 2 N–H and O–H groups in total. The second kappa shape index (κ2) is 12.2. The van der Waals surface area contributed by atoms with Crippen LogP contribution in [0.15, 0.2) is 48.7 Å². The highest BCUT2D eigenvalue weighted by Crippen LogP contribution is 2.48. The number of amides is 1. The van der Waals surface area contributed by atoms with Crippen molar-refractivity contribution in [3.63, 3.8) is 0 Å². The number of hydrogen-bond acceptors (Lipinski definition) is 6. The summed E-state index contributed by atoms with van der Waals surface area (Å²) in [5.41, 5.74) is -1.98. The second-order valence-corrected chi connectivity index (χ2v) is 9.27. The van der Waals surface area contributed by atoms with Crippen LogP contribution in [0.25, 0.3) is 0 Å². The highest BCUT2D eigenvalue weighted by atomic mass is 19.4. The van der Waals surface area contributed by atoms with E-state index in [0.717, 1.165) is 16.8 Å². The van der Waals surface area contributed by atoms with Crippen LogP contribution < -0.4 is 20.3 Å². The number of carbonyl (C=O) groups excluding carboxylic acids is 1. The SMILES string of the molecule is CNC[C@H]1CN(c2c(NC(=O)c3ccn(CC(F)F)n3)ccc(Oc3ccccc3F)c2C(F)(F)F)CCN1C. The van der Waals surface area contributed by atoms with Gasteiger partial charge in [-0.15, -0.1) is 0 Å². The molecular weight excluding hydrogens is 542 g/mol. The largest absolute Gasteiger partial charge is 0.454 e. The Balaban J connectivity index is 1.79. The summed E-state index contributed by atoms with van der Waals surface area (Å²) in [5.74, 6) is -2.77. The molecule has 0 bridgehead atoms. The van der Waals surface area contributed by atoms with Gasteiger partial charge in [0.2, 0.25) is 0 Å². The molecule has 1 aliphatic rings. The number of nitrogens with zero attached hydrogens (tertiary/aromatic N) is 4. The van der Waals surface area contributed by atoms with Crippen LogP contribution in [0.3, 0.4) is 0 Å². The molecule has 1 aromatic heterocycles. The van der Waals surface area contributed by atoms with E-state index in [1.807, 2.05) is 11.9 Å². The first-order valence-electron chi connectivity index (χ1n) is 12.4. The number of hydrogen-bond donors (Lipinski definition) is 2. The third-order valence-electron chi connectivity index (χ3n) is 6.46. The van der Waals surface area contributed by atoms with Gasteiger partial charge in [-0.05, 0) is 44.4 Å². The molecule has 216 valence electrons. The molecule has 14 heteroatoms. The number of alkyl halides is 5. The van der Waals surface area contributed by atoms with Gasteiger partial charge in [-0.1, -0.05) is 12.1 Å². The summed E-state index contributed by atoms with van der Waals surface area (Å²) in [6.45, 7) is 0.535. The highest BCUT2D eigenvalue weighted by Gasteiger charge is 2.42. The Hall–Kier alpha value is -3.78. The monoisotopic (exact) mass is 570 g/mol. The minimum absolute atomic E-state index is 0.162. The first-order chi connectivity index (χ1) is 19.0. The van der Waals surface area contributed by atoms with Crippen molar-refractivity contribution >= 4 is 17.3 Å². The van der Waals surface area contributed by atoms with Gasteiger partial charge in [-0.3, -0.25) is 14.4 Å². The van der Waals surface area contributed by atoms with Crippen LogP contribution in [-0.2, 0) is 12.7 Å². The van der Waals surface area contributed by atoms with E-state index in [-0.39, 0.29) is 36.2 Å². The predicted octanol–water partition coefficient (Wildman–Crippen LogP) is 4.69. The first-order valence-corrected chi connectivity index (χ1v) is 12.4. The average molecular weight is 571 g/mol. The van der Waals surface area contributed by atoms with E-state index in [1.54, 1.807) is 7.05 Å². The number of likely N-dealkylation sites (N-methyl/N-ethyl adjacent to an activating group) is 2. The van der Waals surface area contributed by atoms with Crippen LogP contribution in [-0.4, -0.2) is 73.3 Å². The normalized spacial score (nSPS) is 16.4. The van der Waals surface area contributed by atoms with Gasteiger partial charge in [-0.25, -0.2) is 13.2 Å². The van der Waals surface area contributed by atoms with E-state index >= 15 is 0 Å². The Morgan fingerprint density at radius 2 is 1.88 bits per heavy atom. The van der Waals surface area contributed by atoms with Crippen molar-refractivity contribution in [1.29, 1.82) is 0 Å². The minimum Gasteiger partial charge on any atom is -0.454 e. The van der Waals surface area contributed by atoms with Crippen LogP contribution in [0, 0.1) is 5.82 Å². The molecule has 2 aromatic carbocycles. The van der Waals surface area contributed by atoms with Gasteiger partial charge in [0.15, 0.2) is 17.3 Å². The number of benzene rings is 2. The molecule has 40 heavy (non-hydrogen) atoms. The van der Waals surface area contributed by atoms with Gasteiger partial charge < -0.3 is 20.3 Å². The van der Waals surface area contributed by atoms with Crippen LogP contribution >= 0.6 is 0 Å². The number of piperazine rings is 1. The third-order valence-corrected chi connectivity index (χ3v) is 6.46. The molecule has 0 spiro atoms. The lowest BCUT2D eigenvalue weighted by atomic mass is 10.0. The topological polar surface area (TPSA) is 74.7 Å². The van der Waals surface area contributed by atoms with E-state index in [9.17, 15) is 31.1 Å². The lowest BCUT2D eigenvalue weighted by Crippen LogP contribution is -2.55. The molecule has 0 aliphatic carbocycles. The quantitative estimate of drug-likeness (QED) is 0.364. The standard InChI is InChI=1S/C26H28F6N6O2/c1-33-13-16-14-37(12-11-36(16)2)24-18(34-25(39)19-9-10-38(35-19)15-22(28)29)7-8-21(23(24)26(30,31)32)40-20-6-4-3-5-17(20)27/h3-10,16,22,33H,11-15H2,1-2H3,(H,34,39)/t16-/m0/s1. The molecular formula is C26H28F6N6O2. The fourth-order valence-corrected chi connectivity index (χ4v) is 4.52. The minimum atomic E-state index is -4.96. The number of rotatable bonds is 9. The van der Waals surface area contributed by atoms with E-state index < -0.39 is 47.9 Å². The van der Waals surface area contributed by atoms with Gasteiger partial charge >= 0.3 is 6.18 Å². The summed E-state index contributed by atoms with van der Waals surface area (Å²) in [4.78, 5) is 16.5. The zero-order valence-corrected chi connectivity index (χ0v) is 21.7. The van der Waals surface area contributed by atoms with E-state index in [4.69, 9.17) is 4.74 Å². The molecule has 1 atom stereocenters. The molecule has 0 unspecified atom stereocenters. The van der Waals surface area contributed by atoms with Crippen molar-refractivity contribution in [2.24, 2.45) is 0 Å². The molecule has 8 nitrogen and oxygen atoms in total. The van der Waals surface area contributed by atoms with E-state index in [2.05, 4.69) is 15.7 Å². The van der Waals surface area contributed by atoms with Gasteiger partial charge in [0.1, 0.15) is 17.9 Å². The maximum atomic E-state index is 14.7. The molecule has 1 saturated heterocycles.